The van der Waals surface area contributed by atoms with Crippen LogP contribution in [0.1, 0.15) is 144 Å². The molecular weight excluding hydrogens is 823 g/mol. The number of aromatic nitrogens is 3. The maximum atomic E-state index is 5.90. The van der Waals surface area contributed by atoms with Crippen LogP contribution in [0.25, 0.3) is 33.3 Å². The number of fused-ring (bicyclic) bond motifs is 1. The molecule has 0 aliphatic heterocycles. The second-order valence-corrected chi connectivity index (χ2v) is 15.5. The molecule has 6 rings (SSSR count). The minimum Gasteiger partial charge on any atom is -0.671 e. The van der Waals surface area contributed by atoms with Gasteiger partial charge in [-0.25, -0.2) is 4.98 Å². The zero-order valence-electron chi connectivity index (χ0n) is 35.4. The van der Waals surface area contributed by atoms with Crippen LogP contribution >= 0.6 is 0 Å². The summed E-state index contributed by atoms with van der Waals surface area (Å²) in [6.45, 7) is 23.0. The molecule has 0 spiro atoms. The van der Waals surface area contributed by atoms with Crippen molar-refractivity contribution in [1.29, 1.82) is 0 Å². The molecule has 54 heavy (non-hydrogen) atoms. The summed E-state index contributed by atoms with van der Waals surface area (Å²) in [4.78, 5) is 5.58. The van der Waals surface area contributed by atoms with Crippen molar-refractivity contribution in [2.45, 2.75) is 105 Å². The molecule has 4 aromatic carbocycles. The Balaban J connectivity index is 0.00000252. The van der Waals surface area contributed by atoms with Crippen molar-refractivity contribution in [3.05, 3.63) is 164 Å². The minimum absolute atomic E-state index is 0. The summed E-state index contributed by atoms with van der Waals surface area (Å²) in [6, 6.07) is 33.9. The first-order valence-electron chi connectivity index (χ1n) is 18.5. The summed E-state index contributed by atoms with van der Waals surface area (Å²) in [6.07, 6.45) is 2.18. The van der Waals surface area contributed by atoms with E-state index in [1.54, 1.807) is 0 Å². The summed E-state index contributed by atoms with van der Waals surface area (Å²) in [7, 11) is 2.14. The van der Waals surface area contributed by atoms with Crippen LogP contribution in [0.15, 0.2) is 91.1 Å². The molecule has 0 fully saturated rings. The first kappa shape index (κ1) is 46.5. The van der Waals surface area contributed by atoms with Crippen molar-refractivity contribution in [3.63, 3.8) is 0 Å². The number of imidazole rings is 1. The van der Waals surface area contributed by atoms with Crippen LogP contribution in [0.2, 0.25) is 0 Å². The molecule has 0 aliphatic rings. The normalized spacial score (nSPS) is 11.8. The van der Waals surface area contributed by atoms with Gasteiger partial charge in [0, 0.05) is 44.8 Å². The van der Waals surface area contributed by atoms with Gasteiger partial charge in [-0.05, 0) is 63.4 Å². The topological polar surface area (TPSA) is 36.9 Å². The molecule has 4 nitrogen and oxygen atoms in total. The number of rotatable bonds is 11. The molecule has 0 N–H and O–H groups in total. The standard InChI is InChI=1S/C46H54N4.3CH3.Hf/c1-28(2)35-24-38(31(7)8)43(39(25-35)32(9)10)45(48-44-36(29(3)4)21-17-22-37(44)30(5)6)46-47-42(27-49(46)11)50-40-23-16-15-20-34(40)26-41(50)33-18-13-12-14-19-33;;;;/h12-22,24-32,45H,1-11H3;3*1H3;/q-2;3*-1;. The second-order valence-electron chi connectivity index (χ2n) is 15.5. The van der Waals surface area contributed by atoms with Crippen LogP contribution in [-0.2, 0) is 32.9 Å². The number of para-hydroxylation sites is 2. The smallest absolute Gasteiger partial charge is 0.154 e. The van der Waals surface area contributed by atoms with E-state index in [1.807, 2.05) is 6.07 Å². The van der Waals surface area contributed by atoms with Crippen LogP contribution < -0.4 is 0 Å². The molecule has 0 bridgehead atoms. The number of hydrogen-bond acceptors (Lipinski definition) is 1. The quantitative estimate of drug-likeness (QED) is 0.0943. The molecular formula is C49H63HfN4-5. The van der Waals surface area contributed by atoms with Gasteiger partial charge in [0.2, 0.25) is 0 Å². The number of nitrogens with zero attached hydrogens (tertiary/aromatic N) is 4. The van der Waals surface area contributed by atoms with E-state index in [2.05, 4.69) is 177 Å². The Kier molecular flexibility index (Phi) is 16.6. The zero-order chi connectivity index (χ0) is 35.9. The average molecular weight is 887 g/mol. The maximum absolute atomic E-state index is 5.90. The molecule has 0 saturated carbocycles. The molecule has 5 heteroatoms. The molecule has 1 atom stereocenters. The van der Waals surface area contributed by atoms with Crippen LogP contribution in [0.5, 0.6) is 0 Å². The zero-order valence-corrected chi connectivity index (χ0v) is 39.0. The van der Waals surface area contributed by atoms with E-state index in [1.165, 1.54) is 33.4 Å². The van der Waals surface area contributed by atoms with Gasteiger partial charge >= 0.3 is 0 Å². The fourth-order valence-electron chi connectivity index (χ4n) is 7.34. The van der Waals surface area contributed by atoms with Crippen LogP contribution in [-0.4, -0.2) is 14.1 Å². The van der Waals surface area contributed by atoms with Crippen LogP contribution in [0.4, 0.5) is 5.69 Å². The van der Waals surface area contributed by atoms with E-state index in [0.717, 1.165) is 39.5 Å². The van der Waals surface area contributed by atoms with Gasteiger partial charge in [-0.15, -0.1) is 11.1 Å². The number of aryl methyl sites for hydroxylation is 1. The SMILES string of the molecule is CC(C)c1cc(C(C)C)c(C([N-]c2c(C(C)C)cccc2C(C)C)c2nc(-n3c(-c4ccccc4)cc4ccc[c-]c43)cn2C)c(C(C)C)c1.[CH3-].[CH3-].[CH3-].[Hf]. The first-order chi connectivity index (χ1) is 23.9. The third-order valence-electron chi connectivity index (χ3n) is 10.1. The van der Waals surface area contributed by atoms with Gasteiger partial charge in [-0.2, -0.15) is 24.3 Å². The van der Waals surface area contributed by atoms with Crippen molar-refractivity contribution in [2.75, 3.05) is 0 Å². The van der Waals surface area contributed by atoms with Crippen molar-refractivity contribution in [1.82, 2.24) is 14.1 Å². The molecule has 288 valence electrons. The van der Waals surface area contributed by atoms with Gasteiger partial charge in [0.05, 0.1) is 0 Å². The summed E-state index contributed by atoms with van der Waals surface area (Å²) in [5.41, 5.74) is 12.3. The van der Waals surface area contributed by atoms with E-state index in [0.29, 0.717) is 29.6 Å². The van der Waals surface area contributed by atoms with E-state index < -0.39 is 0 Å². The van der Waals surface area contributed by atoms with Gasteiger partial charge in [-0.3, -0.25) is 0 Å². The Morgan fingerprint density at radius 3 is 1.70 bits per heavy atom. The molecule has 0 radical (unpaired) electrons. The largest absolute Gasteiger partial charge is 0.671 e. The van der Waals surface area contributed by atoms with Gasteiger partial charge < -0.3 is 36.7 Å². The predicted octanol–water partition coefficient (Wildman–Crippen LogP) is 14.6. The molecule has 6 aromatic rings. The van der Waals surface area contributed by atoms with E-state index in [-0.39, 0.29) is 54.2 Å². The molecule has 0 aliphatic carbocycles. The molecule has 2 heterocycles. The van der Waals surface area contributed by atoms with Crippen LogP contribution in [0.3, 0.4) is 0 Å². The number of benzene rings is 4. The monoisotopic (exact) mass is 887 g/mol. The van der Waals surface area contributed by atoms with E-state index in [4.69, 9.17) is 10.3 Å². The van der Waals surface area contributed by atoms with Crippen molar-refractivity contribution in [2.24, 2.45) is 7.05 Å². The third-order valence-corrected chi connectivity index (χ3v) is 10.1. The third kappa shape index (κ3) is 9.05. The van der Waals surface area contributed by atoms with Crippen LogP contribution in [0, 0.1) is 28.3 Å². The molecule has 0 saturated heterocycles. The van der Waals surface area contributed by atoms with E-state index >= 15 is 0 Å². The summed E-state index contributed by atoms with van der Waals surface area (Å²) in [5.74, 6) is 3.53. The summed E-state index contributed by atoms with van der Waals surface area (Å²) < 4.78 is 4.48. The average Bonchev–Trinajstić information content (AvgIpc) is 3.66. The molecule has 2 aromatic heterocycles. The van der Waals surface area contributed by atoms with E-state index in [9.17, 15) is 0 Å². The minimum atomic E-state index is -0.312. The van der Waals surface area contributed by atoms with Crippen molar-refractivity contribution in [3.8, 4) is 17.1 Å². The fourth-order valence-corrected chi connectivity index (χ4v) is 7.34. The Hall–Kier alpha value is -3.70. The summed E-state index contributed by atoms with van der Waals surface area (Å²) >= 11 is 0. The van der Waals surface area contributed by atoms with Crippen molar-refractivity contribution >= 4 is 16.6 Å². The first-order valence-corrected chi connectivity index (χ1v) is 18.5. The molecule has 0 amide bonds. The predicted molar refractivity (Wildman–Crippen MR) is 232 cm³/mol. The Morgan fingerprint density at radius 1 is 0.630 bits per heavy atom. The second kappa shape index (κ2) is 19.2. The maximum Gasteiger partial charge on any atom is 0.154 e. The van der Waals surface area contributed by atoms with Crippen molar-refractivity contribution < 1.29 is 25.8 Å². The number of hydrogen-bond donors (Lipinski definition) is 0. The van der Waals surface area contributed by atoms with Gasteiger partial charge in [0.25, 0.3) is 0 Å². The molecule has 1 unspecified atom stereocenters. The van der Waals surface area contributed by atoms with Gasteiger partial charge in [0.1, 0.15) is 5.82 Å². The van der Waals surface area contributed by atoms with Gasteiger partial charge in [0.15, 0.2) is 5.82 Å². The van der Waals surface area contributed by atoms with Gasteiger partial charge in [-0.1, -0.05) is 153 Å². The Labute approximate surface area is 347 Å². The Bertz CT molecular complexity index is 2040. The summed E-state index contributed by atoms with van der Waals surface area (Å²) in [5, 5.41) is 7.04. The fraction of sp³-hybridized carbons (Fsp3) is 0.347. The Morgan fingerprint density at radius 2 is 1.19 bits per heavy atom.